The molecule has 1 amide bonds. The van der Waals surface area contributed by atoms with E-state index in [1.807, 2.05) is 5.32 Å². The molecule has 0 aromatic heterocycles. The molecule has 1 aromatic carbocycles. The summed E-state index contributed by atoms with van der Waals surface area (Å²) in [7, 11) is 0. The molecule has 3 nitrogen and oxygen atoms in total. The summed E-state index contributed by atoms with van der Waals surface area (Å²) in [5.74, 6) is -0.697. The Morgan fingerprint density at radius 1 is 1.39 bits per heavy atom. The van der Waals surface area contributed by atoms with E-state index in [-0.39, 0.29) is 18.0 Å². The van der Waals surface area contributed by atoms with E-state index in [1.54, 1.807) is 12.1 Å². The summed E-state index contributed by atoms with van der Waals surface area (Å²) in [4.78, 5) is 11.5. The maximum atomic E-state index is 11.9. The van der Waals surface area contributed by atoms with Gasteiger partial charge in [0.1, 0.15) is 6.54 Å². The minimum absolute atomic E-state index is 0. The molecular formula is C11H12ClF3N2O. The summed E-state index contributed by atoms with van der Waals surface area (Å²) >= 11 is 0. The standard InChI is InChI=1S/C11H11F3N2O.ClH/c12-11(13,14)6-16-10(17)8-1-2-9-7(5-8)3-4-15-9;/h1-2,5,15H,3-4,6H2,(H,16,17);1H. The predicted molar refractivity (Wildman–Crippen MR) is 64.3 cm³/mol. The molecule has 2 rings (SSSR count). The van der Waals surface area contributed by atoms with E-state index in [4.69, 9.17) is 0 Å². The smallest absolute Gasteiger partial charge is 0.384 e. The summed E-state index contributed by atoms with van der Waals surface area (Å²) in [6.07, 6.45) is -3.59. The van der Waals surface area contributed by atoms with Crippen LogP contribution in [0.2, 0.25) is 0 Å². The maximum absolute atomic E-state index is 11.9. The number of hydrogen-bond acceptors (Lipinski definition) is 2. The maximum Gasteiger partial charge on any atom is 0.405 e. The molecule has 0 saturated carbocycles. The molecule has 0 fully saturated rings. The number of nitrogens with one attached hydrogen (secondary N) is 2. The van der Waals surface area contributed by atoms with Crippen LogP contribution in [0.5, 0.6) is 0 Å². The van der Waals surface area contributed by atoms with E-state index in [9.17, 15) is 18.0 Å². The molecule has 0 radical (unpaired) electrons. The summed E-state index contributed by atoms with van der Waals surface area (Å²) in [6, 6.07) is 4.86. The summed E-state index contributed by atoms with van der Waals surface area (Å²) in [5.41, 5.74) is 2.17. The van der Waals surface area contributed by atoms with Crippen molar-refractivity contribution in [3.8, 4) is 0 Å². The van der Waals surface area contributed by atoms with Crippen molar-refractivity contribution in [3.63, 3.8) is 0 Å². The third-order valence-electron chi connectivity index (χ3n) is 2.53. The number of fused-ring (bicyclic) bond motifs is 1. The number of halogens is 4. The average molecular weight is 281 g/mol. The third kappa shape index (κ3) is 3.53. The van der Waals surface area contributed by atoms with Gasteiger partial charge in [-0.25, -0.2) is 0 Å². The van der Waals surface area contributed by atoms with Gasteiger partial charge in [-0.3, -0.25) is 4.79 Å². The zero-order valence-electron chi connectivity index (χ0n) is 9.30. The topological polar surface area (TPSA) is 41.1 Å². The van der Waals surface area contributed by atoms with Crippen LogP contribution in [0.1, 0.15) is 15.9 Å². The Bertz CT molecular complexity index is 448. The highest BCUT2D eigenvalue weighted by molar-refractivity contribution is 5.95. The van der Waals surface area contributed by atoms with Gasteiger partial charge in [0.15, 0.2) is 0 Å². The van der Waals surface area contributed by atoms with E-state index in [1.165, 1.54) is 6.07 Å². The molecule has 0 aliphatic carbocycles. The molecule has 2 N–H and O–H groups in total. The SMILES string of the molecule is Cl.O=C(NCC(F)(F)F)c1ccc2c(c1)CCN2. The van der Waals surface area contributed by atoms with E-state index in [0.29, 0.717) is 0 Å². The van der Waals surface area contributed by atoms with E-state index < -0.39 is 18.6 Å². The quantitative estimate of drug-likeness (QED) is 0.873. The van der Waals surface area contributed by atoms with Crippen LogP contribution in [0.15, 0.2) is 18.2 Å². The molecule has 7 heteroatoms. The highest BCUT2D eigenvalue weighted by Gasteiger charge is 2.28. The molecule has 0 spiro atoms. The van der Waals surface area contributed by atoms with Gasteiger partial charge in [-0.1, -0.05) is 0 Å². The molecule has 0 unspecified atom stereocenters. The van der Waals surface area contributed by atoms with Crippen LogP contribution in [0.25, 0.3) is 0 Å². The van der Waals surface area contributed by atoms with Crippen LogP contribution in [0.3, 0.4) is 0 Å². The van der Waals surface area contributed by atoms with Crippen molar-refractivity contribution in [1.29, 1.82) is 0 Å². The first-order valence-corrected chi connectivity index (χ1v) is 5.17. The van der Waals surface area contributed by atoms with Crippen LogP contribution in [0.4, 0.5) is 18.9 Å². The van der Waals surface area contributed by atoms with E-state index in [2.05, 4.69) is 5.32 Å². The Kier molecular flexibility index (Phi) is 4.45. The lowest BCUT2D eigenvalue weighted by molar-refractivity contribution is -0.123. The highest BCUT2D eigenvalue weighted by Crippen LogP contribution is 2.23. The fourth-order valence-corrected chi connectivity index (χ4v) is 1.73. The van der Waals surface area contributed by atoms with Crippen LogP contribution in [-0.4, -0.2) is 25.2 Å². The number of hydrogen-bond donors (Lipinski definition) is 2. The zero-order valence-corrected chi connectivity index (χ0v) is 10.1. The van der Waals surface area contributed by atoms with Crippen molar-refractivity contribution >= 4 is 24.0 Å². The Morgan fingerprint density at radius 3 is 2.78 bits per heavy atom. The van der Waals surface area contributed by atoms with Crippen LogP contribution < -0.4 is 10.6 Å². The molecular weight excluding hydrogens is 269 g/mol. The first-order chi connectivity index (χ1) is 7.96. The van der Waals surface area contributed by atoms with E-state index in [0.717, 1.165) is 24.2 Å². The normalized spacial score (nSPS) is 13.3. The summed E-state index contributed by atoms with van der Waals surface area (Å²) < 4.78 is 35.8. The number of benzene rings is 1. The van der Waals surface area contributed by atoms with Crippen molar-refractivity contribution in [3.05, 3.63) is 29.3 Å². The van der Waals surface area contributed by atoms with E-state index >= 15 is 0 Å². The first kappa shape index (κ1) is 14.6. The molecule has 100 valence electrons. The van der Waals surface area contributed by atoms with Crippen molar-refractivity contribution in [2.24, 2.45) is 0 Å². The minimum Gasteiger partial charge on any atom is -0.384 e. The van der Waals surface area contributed by atoms with Gasteiger partial charge in [-0.05, 0) is 30.2 Å². The zero-order chi connectivity index (χ0) is 12.5. The monoisotopic (exact) mass is 280 g/mol. The summed E-state index contributed by atoms with van der Waals surface area (Å²) in [6.45, 7) is -0.510. The second-order valence-electron chi connectivity index (χ2n) is 3.85. The van der Waals surface area contributed by atoms with Gasteiger partial charge in [-0.2, -0.15) is 13.2 Å². The molecule has 0 saturated heterocycles. The highest BCUT2D eigenvalue weighted by atomic mass is 35.5. The lowest BCUT2D eigenvalue weighted by Crippen LogP contribution is -2.33. The summed E-state index contributed by atoms with van der Waals surface area (Å²) in [5, 5.41) is 4.96. The third-order valence-corrected chi connectivity index (χ3v) is 2.53. The Morgan fingerprint density at radius 2 is 2.11 bits per heavy atom. The van der Waals surface area contributed by atoms with Gasteiger partial charge in [-0.15, -0.1) is 12.4 Å². The fraction of sp³-hybridized carbons (Fsp3) is 0.364. The number of amides is 1. The van der Waals surface area contributed by atoms with Crippen LogP contribution >= 0.6 is 12.4 Å². The van der Waals surface area contributed by atoms with Gasteiger partial charge < -0.3 is 10.6 Å². The fourth-order valence-electron chi connectivity index (χ4n) is 1.73. The van der Waals surface area contributed by atoms with Gasteiger partial charge in [0, 0.05) is 17.8 Å². The van der Waals surface area contributed by atoms with Gasteiger partial charge in [0.2, 0.25) is 0 Å². The molecule has 1 aromatic rings. The molecule has 1 heterocycles. The van der Waals surface area contributed by atoms with Gasteiger partial charge in [0.05, 0.1) is 0 Å². The molecule has 0 atom stereocenters. The Balaban J connectivity index is 0.00000162. The van der Waals surface area contributed by atoms with Gasteiger partial charge >= 0.3 is 6.18 Å². The number of carbonyl (C=O) groups is 1. The van der Waals surface area contributed by atoms with Crippen molar-refractivity contribution in [1.82, 2.24) is 5.32 Å². The Labute approximate surface area is 108 Å². The van der Waals surface area contributed by atoms with Crippen molar-refractivity contribution in [2.45, 2.75) is 12.6 Å². The van der Waals surface area contributed by atoms with Crippen molar-refractivity contribution in [2.75, 3.05) is 18.4 Å². The number of carbonyl (C=O) groups excluding carboxylic acids is 1. The van der Waals surface area contributed by atoms with Crippen molar-refractivity contribution < 1.29 is 18.0 Å². The lowest BCUT2D eigenvalue weighted by atomic mass is 10.1. The Hall–Kier alpha value is -1.43. The second-order valence-corrected chi connectivity index (χ2v) is 3.85. The van der Waals surface area contributed by atoms with Gasteiger partial charge in [0.25, 0.3) is 5.91 Å². The molecule has 1 aliphatic rings. The number of rotatable bonds is 2. The molecule has 18 heavy (non-hydrogen) atoms. The molecule has 1 aliphatic heterocycles. The number of alkyl halides is 3. The predicted octanol–water partition coefficient (Wildman–Crippen LogP) is 2.37. The minimum atomic E-state index is -4.38. The first-order valence-electron chi connectivity index (χ1n) is 5.17. The van der Waals surface area contributed by atoms with Crippen LogP contribution in [-0.2, 0) is 6.42 Å². The molecule has 0 bridgehead atoms. The largest absolute Gasteiger partial charge is 0.405 e. The van der Waals surface area contributed by atoms with Crippen LogP contribution in [0, 0.1) is 0 Å². The lowest BCUT2D eigenvalue weighted by Gasteiger charge is -2.09. The number of anilines is 1. The second kappa shape index (κ2) is 5.48. The average Bonchev–Trinajstić information content (AvgIpc) is 2.71.